The summed E-state index contributed by atoms with van der Waals surface area (Å²) in [4.78, 5) is 14.2. The Labute approximate surface area is 145 Å². The summed E-state index contributed by atoms with van der Waals surface area (Å²) in [5.41, 5.74) is 2.15. The summed E-state index contributed by atoms with van der Waals surface area (Å²) >= 11 is 0. The molecule has 1 aromatic carbocycles. The molecular weight excluding hydrogens is 304 g/mol. The van der Waals surface area contributed by atoms with E-state index in [1.807, 2.05) is 37.9 Å². The smallest absolute Gasteiger partial charge is 0.317 e. The molecule has 2 amide bonds. The van der Waals surface area contributed by atoms with Crippen molar-refractivity contribution in [3.63, 3.8) is 0 Å². The van der Waals surface area contributed by atoms with Crippen molar-refractivity contribution in [2.75, 3.05) is 20.3 Å². The molecule has 5 nitrogen and oxygen atoms in total. The molecule has 24 heavy (non-hydrogen) atoms. The van der Waals surface area contributed by atoms with Gasteiger partial charge in [0.05, 0.1) is 6.61 Å². The standard InChI is InChI=1S/C19H30N2O3/c1-4-24-18-10-7-16(11-14(18)2)12-20-19(23)21(3)17-8-5-15(13-22)6-9-17/h7,10-11,15,17,22H,4-6,8-9,12-13H2,1-3H3,(H,20,23). The van der Waals surface area contributed by atoms with Gasteiger partial charge in [-0.1, -0.05) is 12.1 Å². The first-order valence-electron chi connectivity index (χ1n) is 8.89. The second kappa shape index (κ2) is 8.92. The Hall–Kier alpha value is -1.75. The fraction of sp³-hybridized carbons (Fsp3) is 0.632. The molecule has 0 atom stereocenters. The molecule has 0 aliphatic heterocycles. The Morgan fingerprint density at radius 1 is 1.33 bits per heavy atom. The van der Waals surface area contributed by atoms with Crippen LogP contribution in [-0.2, 0) is 6.54 Å². The maximum Gasteiger partial charge on any atom is 0.317 e. The first kappa shape index (κ1) is 18.6. The molecule has 1 aliphatic carbocycles. The van der Waals surface area contributed by atoms with Crippen LogP contribution < -0.4 is 10.1 Å². The molecule has 2 N–H and O–H groups in total. The van der Waals surface area contributed by atoms with Crippen LogP contribution in [0.2, 0.25) is 0 Å². The molecular formula is C19H30N2O3. The van der Waals surface area contributed by atoms with E-state index in [9.17, 15) is 9.90 Å². The number of aliphatic hydroxyl groups is 1. The topological polar surface area (TPSA) is 61.8 Å². The van der Waals surface area contributed by atoms with Crippen LogP contribution in [0.1, 0.15) is 43.7 Å². The van der Waals surface area contributed by atoms with E-state index in [4.69, 9.17) is 4.74 Å². The van der Waals surface area contributed by atoms with Crippen LogP contribution in [0.4, 0.5) is 4.79 Å². The minimum atomic E-state index is -0.0333. The number of hydrogen-bond donors (Lipinski definition) is 2. The summed E-state index contributed by atoms with van der Waals surface area (Å²) in [5.74, 6) is 1.30. The summed E-state index contributed by atoms with van der Waals surface area (Å²) in [6.07, 6.45) is 3.93. The Morgan fingerprint density at radius 3 is 2.62 bits per heavy atom. The van der Waals surface area contributed by atoms with Crippen molar-refractivity contribution in [1.82, 2.24) is 10.2 Å². The maximum atomic E-state index is 12.4. The maximum absolute atomic E-state index is 12.4. The van der Waals surface area contributed by atoms with Crippen molar-refractivity contribution in [3.05, 3.63) is 29.3 Å². The van der Waals surface area contributed by atoms with Gasteiger partial charge in [-0.15, -0.1) is 0 Å². The molecule has 0 bridgehead atoms. The number of urea groups is 1. The molecule has 134 valence electrons. The normalized spacial score (nSPS) is 20.5. The summed E-state index contributed by atoms with van der Waals surface area (Å²) in [6.45, 7) is 5.42. The van der Waals surface area contributed by atoms with E-state index in [0.717, 1.165) is 42.6 Å². The second-order valence-electron chi connectivity index (χ2n) is 6.66. The van der Waals surface area contributed by atoms with Crippen molar-refractivity contribution in [3.8, 4) is 5.75 Å². The van der Waals surface area contributed by atoms with E-state index in [2.05, 4.69) is 11.4 Å². The van der Waals surface area contributed by atoms with E-state index >= 15 is 0 Å². The van der Waals surface area contributed by atoms with Gasteiger partial charge < -0.3 is 20.1 Å². The number of ether oxygens (including phenoxy) is 1. The van der Waals surface area contributed by atoms with Gasteiger partial charge in [0.2, 0.25) is 0 Å². The molecule has 1 aliphatic rings. The summed E-state index contributed by atoms with van der Waals surface area (Å²) in [7, 11) is 1.86. The molecule has 5 heteroatoms. The molecule has 0 heterocycles. The van der Waals surface area contributed by atoms with Crippen molar-refractivity contribution in [1.29, 1.82) is 0 Å². The number of aliphatic hydroxyl groups excluding tert-OH is 1. The van der Waals surface area contributed by atoms with Gasteiger partial charge in [-0.3, -0.25) is 0 Å². The van der Waals surface area contributed by atoms with Crippen molar-refractivity contribution in [2.45, 2.75) is 52.1 Å². The van der Waals surface area contributed by atoms with E-state index in [1.54, 1.807) is 0 Å². The highest BCUT2D eigenvalue weighted by Crippen LogP contribution is 2.26. The third kappa shape index (κ3) is 4.87. The zero-order valence-electron chi connectivity index (χ0n) is 15.0. The van der Waals surface area contributed by atoms with Crippen LogP contribution in [-0.4, -0.2) is 42.3 Å². The van der Waals surface area contributed by atoms with Crippen LogP contribution >= 0.6 is 0 Å². The van der Waals surface area contributed by atoms with Gasteiger partial charge in [0.25, 0.3) is 0 Å². The number of amides is 2. The monoisotopic (exact) mass is 334 g/mol. The fourth-order valence-corrected chi connectivity index (χ4v) is 3.32. The second-order valence-corrected chi connectivity index (χ2v) is 6.66. The average Bonchev–Trinajstić information content (AvgIpc) is 2.61. The highest BCUT2D eigenvalue weighted by atomic mass is 16.5. The first-order chi connectivity index (χ1) is 11.5. The molecule has 1 saturated carbocycles. The summed E-state index contributed by atoms with van der Waals surface area (Å²) in [5, 5.41) is 12.2. The minimum Gasteiger partial charge on any atom is -0.494 e. The highest BCUT2D eigenvalue weighted by molar-refractivity contribution is 5.74. The van der Waals surface area contributed by atoms with Crippen LogP contribution in [0.15, 0.2) is 18.2 Å². The zero-order chi connectivity index (χ0) is 17.5. The predicted molar refractivity (Wildman–Crippen MR) is 95.2 cm³/mol. The lowest BCUT2D eigenvalue weighted by Gasteiger charge is -2.34. The molecule has 0 spiro atoms. The van der Waals surface area contributed by atoms with Crippen molar-refractivity contribution >= 4 is 6.03 Å². The first-order valence-corrected chi connectivity index (χ1v) is 8.89. The lowest BCUT2D eigenvalue weighted by Crippen LogP contribution is -2.45. The Bertz CT molecular complexity index is 539. The van der Waals surface area contributed by atoms with Gasteiger partial charge in [0.1, 0.15) is 5.75 Å². The van der Waals surface area contributed by atoms with Gasteiger partial charge in [-0.2, -0.15) is 0 Å². The number of rotatable bonds is 6. The number of aryl methyl sites for hydroxylation is 1. The molecule has 0 unspecified atom stereocenters. The number of nitrogens with zero attached hydrogens (tertiary/aromatic N) is 1. The number of carbonyl (C=O) groups excluding carboxylic acids is 1. The largest absolute Gasteiger partial charge is 0.494 e. The third-order valence-corrected chi connectivity index (χ3v) is 4.93. The molecule has 0 aromatic heterocycles. The molecule has 1 fully saturated rings. The fourth-order valence-electron chi connectivity index (χ4n) is 3.32. The summed E-state index contributed by atoms with van der Waals surface area (Å²) < 4.78 is 5.54. The van der Waals surface area contributed by atoms with Gasteiger partial charge in [0.15, 0.2) is 0 Å². The van der Waals surface area contributed by atoms with Crippen molar-refractivity contribution < 1.29 is 14.6 Å². The lowest BCUT2D eigenvalue weighted by molar-refractivity contribution is 0.134. The van der Waals surface area contributed by atoms with Crippen molar-refractivity contribution in [2.24, 2.45) is 5.92 Å². The Kier molecular flexibility index (Phi) is 6.91. The SMILES string of the molecule is CCOc1ccc(CNC(=O)N(C)C2CCC(CO)CC2)cc1C. The van der Waals surface area contributed by atoms with Crippen LogP contribution in [0.25, 0.3) is 0 Å². The van der Waals surface area contributed by atoms with Crippen LogP contribution in [0, 0.1) is 12.8 Å². The van der Waals surface area contributed by atoms with Gasteiger partial charge in [0, 0.05) is 26.2 Å². The van der Waals surface area contributed by atoms with Crippen LogP contribution in [0.3, 0.4) is 0 Å². The molecule has 0 radical (unpaired) electrons. The number of hydrogen-bond acceptors (Lipinski definition) is 3. The average molecular weight is 334 g/mol. The van der Waals surface area contributed by atoms with E-state index < -0.39 is 0 Å². The van der Waals surface area contributed by atoms with Gasteiger partial charge >= 0.3 is 6.03 Å². The highest BCUT2D eigenvalue weighted by Gasteiger charge is 2.26. The molecule has 0 saturated heterocycles. The number of benzene rings is 1. The van der Waals surface area contributed by atoms with Crippen LogP contribution in [0.5, 0.6) is 5.75 Å². The molecule has 1 aromatic rings. The third-order valence-electron chi connectivity index (χ3n) is 4.93. The minimum absolute atomic E-state index is 0.0333. The van der Waals surface area contributed by atoms with E-state index in [1.165, 1.54) is 0 Å². The van der Waals surface area contributed by atoms with Gasteiger partial charge in [-0.25, -0.2) is 4.79 Å². The zero-order valence-corrected chi connectivity index (χ0v) is 15.0. The number of nitrogens with one attached hydrogen (secondary N) is 1. The van der Waals surface area contributed by atoms with E-state index in [0.29, 0.717) is 19.1 Å². The Morgan fingerprint density at radius 2 is 2.04 bits per heavy atom. The predicted octanol–water partition coefficient (Wildman–Crippen LogP) is 3.09. The quantitative estimate of drug-likeness (QED) is 0.840. The molecule has 2 rings (SSSR count). The number of carbonyl (C=O) groups is 1. The van der Waals surface area contributed by atoms with Gasteiger partial charge in [-0.05, 0) is 62.6 Å². The van der Waals surface area contributed by atoms with E-state index in [-0.39, 0.29) is 18.7 Å². The Balaban J connectivity index is 1.83. The lowest BCUT2D eigenvalue weighted by atomic mass is 9.86. The summed E-state index contributed by atoms with van der Waals surface area (Å²) in [6, 6.07) is 6.24.